The normalized spacial score (nSPS) is 10.5. The summed E-state index contributed by atoms with van der Waals surface area (Å²) < 4.78 is 6.75. The quantitative estimate of drug-likeness (QED) is 0.482. The number of esters is 1. The first kappa shape index (κ1) is 16.3. The zero-order chi connectivity index (χ0) is 16.3. The summed E-state index contributed by atoms with van der Waals surface area (Å²) in [4.78, 5) is 25.2. The highest BCUT2D eigenvalue weighted by molar-refractivity contribution is 7.98. The van der Waals surface area contributed by atoms with Gasteiger partial charge in [-0.1, -0.05) is 12.1 Å². The Bertz CT molecular complexity index is 705. The van der Waals surface area contributed by atoms with Crippen LogP contribution >= 0.6 is 11.8 Å². The molecule has 0 unspecified atom stereocenters. The molecule has 0 radical (unpaired) electrons. The van der Waals surface area contributed by atoms with E-state index in [0.717, 1.165) is 10.6 Å². The predicted octanol–water partition coefficient (Wildman–Crippen LogP) is 2.80. The Kier molecular flexibility index (Phi) is 5.03. The monoisotopic (exact) mass is 318 g/mol. The third-order valence-electron chi connectivity index (χ3n) is 3.46. The van der Waals surface area contributed by atoms with Crippen molar-refractivity contribution in [1.29, 1.82) is 0 Å². The van der Waals surface area contributed by atoms with Gasteiger partial charge in [0.05, 0.1) is 5.69 Å². The highest BCUT2D eigenvalue weighted by Gasteiger charge is 2.20. The van der Waals surface area contributed by atoms with Gasteiger partial charge >= 0.3 is 5.97 Å². The van der Waals surface area contributed by atoms with E-state index in [1.54, 1.807) is 49.5 Å². The van der Waals surface area contributed by atoms with E-state index in [1.807, 2.05) is 18.4 Å². The molecule has 0 saturated carbocycles. The maximum absolute atomic E-state index is 12.1. The third kappa shape index (κ3) is 3.39. The Morgan fingerprint density at radius 1 is 1.23 bits per heavy atom. The lowest BCUT2D eigenvalue weighted by molar-refractivity contribution is 0.0473. The standard InChI is InChI=1S/C16H18N2O3S/c1-10-15(11(2)18(3)17-10)16(20)21-9-14(19)12-5-7-13(22-4)8-6-12/h5-8H,9H2,1-4H3. The van der Waals surface area contributed by atoms with Gasteiger partial charge in [0.2, 0.25) is 0 Å². The Hall–Kier alpha value is -2.08. The molecule has 0 aliphatic heterocycles. The molecule has 6 heteroatoms. The number of hydrogen-bond donors (Lipinski definition) is 0. The summed E-state index contributed by atoms with van der Waals surface area (Å²) in [6, 6.07) is 7.22. The van der Waals surface area contributed by atoms with Crippen molar-refractivity contribution >= 4 is 23.5 Å². The molecule has 1 aromatic carbocycles. The van der Waals surface area contributed by atoms with E-state index < -0.39 is 5.97 Å². The van der Waals surface area contributed by atoms with Gasteiger partial charge in [0.1, 0.15) is 5.56 Å². The number of ether oxygens (including phenoxy) is 1. The first-order chi connectivity index (χ1) is 10.4. The molecule has 22 heavy (non-hydrogen) atoms. The minimum atomic E-state index is -0.516. The van der Waals surface area contributed by atoms with Crippen LogP contribution in [0.15, 0.2) is 29.2 Å². The molecule has 5 nitrogen and oxygen atoms in total. The van der Waals surface area contributed by atoms with Crippen LogP contribution in [0.25, 0.3) is 0 Å². The summed E-state index contributed by atoms with van der Waals surface area (Å²) in [6.07, 6.45) is 1.97. The molecule has 0 atom stereocenters. The minimum Gasteiger partial charge on any atom is -0.454 e. The lowest BCUT2D eigenvalue weighted by Crippen LogP contribution is -2.15. The van der Waals surface area contributed by atoms with Gasteiger partial charge in [0, 0.05) is 23.2 Å². The number of benzene rings is 1. The second kappa shape index (κ2) is 6.79. The summed E-state index contributed by atoms with van der Waals surface area (Å²) in [6.45, 7) is 3.26. The van der Waals surface area contributed by atoms with Gasteiger partial charge in [0.25, 0.3) is 0 Å². The number of thioether (sulfide) groups is 1. The molecule has 0 spiro atoms. The van der Waals surface area contributed by atoms with Gasteiger partial charge in [-0.2, -0.15) is 5.10 Å². The highest BCUT2D eigenvalue weighted by Crippen LogP contribution is 2.16. The molecule has 1 aromatic heterocycles. The van der Waals surface area contributed by atoms with Crippen molar-refractivity contribution in [1.82, 2.24) is 9.78 Å². The predicted molar refractivity (Wildman–Crippen MR) is 85.5 cm³/mol. The average molecular weight is 318 g/mol. The lowest BCUT2D eigenvalue weighted by Gasteiger charge is -2.05. The van der Waals surface area contributed by atoms with E-state index in [4.69, 9.17) is 4.74 Å². The van der Waals surface area contributed by atoms with Gasteiger partial charge in [-0.05, 0) is 32.2 Å². The van der Waals surface area contributed by atoms with Gasteiger partial charge in [0.15, 0.2) is 12.4 Å². The van der Waals surface area contributed by atoms with Crippen LogP contribution in [-0.2, 0) is 11.8 Å². The van der Waals surface area contributed by atoms with Crippen LogP contribution in [-0.4, -0.2) is 34.4 Å². The molecule has 0 aliphatic rings. The number of aryl methyl sites for hydroxylation is 2. The van der Waals surface area contributed by atoms with E-state index in [0.29, 0.717) is 16.8 Å². The molecule has 0 bridgehead atoms. The molecular formula is C16H18N2O3S. The number of hydrogen-bond acceptors (Lipinski definition) is 5. The first-order valence-corrected chi connectivity index (χ1v) is 8.01. The SMILES string of the molecule is CSc1ccc(C(=O)COC(=O)c2c(C)nn(C)c2C)cc1. The van der Waals surface area contributed by atoms with Crippen LogP contribution in [0.5, 0.6) is 0 Å². The fourth-order valence-corrected chi connectivity index (χ4v) is 2.54. The van der Waals surface area contributed by atoms with Crippen molar-refractivity contribution in [2.75, 3.05) is 12.9 Å². The van der Waals surface area contributed by atoms with Gasteiger partial charge < -0.3 is 4.74 Å². The van der Waals surface area contributed by atoms with Gasteiger partial charge in [-0.15, -0.1) is 11.8 Å². The smallest absolute Gasteiger partial charge is 0.342 e. The Morgan fingerprint density at radius 2 is 1.86 bits per heavy atom. The Morgan fingerprint density at radius 3 is 2.36 bits per heavy atom. The molecular weight excluding hydrogens is 300 g/mol. The van der Waals surface area contributed by atoms with Crippen molar-refractivity contribution < 1.29 is 14.3 Å². The number of rotatable bonds is 5. The van der Waals surface area contributed by atoms with Crippen molar-refractivity contribution in [2.24, 2.45) is 7.05 Å². The molecule has 0 saturated heterocycles. The average Bonchev–Trinajstić information content (AvgIpc) is 2.77. The zero-order valence-corrected chi connectivity index (χ0v) is 13.9. The second-order valence-electron chi connectivity index (χ2n) is 4.90. The fourth-order valence-electron chi connectivity index (χ4n) is 2.13. The van der Waals surface area contributed by atoms with Crippen molar-refractivity contribution in [3.63, 3.8) is 0 Å². The van der Waals surface area contributed by atoms with Crippen LogP contribution in [0, 0.1) is 13.8 Å². The second-order valence-corrected chi connectivity index (χ2v) is 5.78. The van der Waals surface area contributed by atoms with Crippen LogP contribution in [0.2, 0.25) is 0 Å². The maximum Gasteiger partial charge on any atom is 0.342 e. The lowest BCUT2D eigenvalue weighted by atomic mass is 10.1. The molecule has 2 aromatic rings. The van der Waals surface area contributed by atoms with Crippen LogP contribution in [0.4, 0.5) is 0 Å². The van der Waals surface area contributed by atoms with Gasteiger partial charge in [-0.25, -0.2) is 4.79 Å². The number of ketones is 1. The summed E-state index contributed by atoms with van der Waals surface area (Å²) in [7, 11) is 1.76. The number of nitrogens with zero attached hydrogens (tertiary/aromatic N) is 2. The van der Waals surface area contributed by atoms with E-state index in [1.165, 1.54) is 0 Å². The fraction of sp³-hybridized carbons (Fsp3) is 0.312. The van der Waals surface area contributed by atoms with E-state index in [-0.39, 0.29) is 12.4 Å². The topological polar surface area (TPSA) is 61.2 Å². The van der Waals surface area contributed by atoms with Crippen LogP contribution < -0.4 is 0 Å². The minimum absolute atomic E-state index is 0.222. The van der Waals surface area contributed by atoms with Crippen LogP contribution in [0.3, 0.4) is 0 Å². The number of Topliss-reactive ketones (excluding diaryl/α,β-unsaturated/α-hetero) is 1. The van der Waals surface area contributed by atoms with Crippen molar-refractivity contribution in [3.05, 3.63) is 46.8 Å². The number of aromatic nitrogens is 2. The molecule has 1 heterocycles. The molecule has 2 rings (SSSR count). The summed E-state index contributed by atoms with van der Waals surface area (Å²) in [5.41, 5.74) is 2.28. The van der Waals surface area contributed by atoms with E-state index in [9.17, 15) is 9.59 Å². The first-order valence-electron chi connectivity index (χ1n) is 6.78. The van der Waals surface area contributed by atoms with E-state index in [2.05, 4.69) is 5.10 Å². The molecule has 0 amide bonds. The summed E-state index contributed by atoms with van der Waals surface area (Å²) >= 11 is 1.60. The van der Waals surface area contributed by atoms with Crippen molar-refractivity contribution in [3.8, 4) is 0 Å². The molecule has 0 aliphatic carbocycles. The highest BCUT2D eigenvalue weighted by atomic mass is 32.2. The molecule has 0 fully saturated rings. The molecule has 0 N–H and O–H groups in total. The Labute approximate surface area is 133 Å². The number of carbonyl (C=O) groups is 2. The van der Waals surface area contributed by atoms with E-state index >= 15 is 0 Å². The largest absolute Gasteiger partial charge is 0.454 e. The zero-order valence-electron chi connectivity index (χ0n) is 13.0. The summed E-state index contributed by atoms with van der Waals surface area (Å²) in [5.74, 6) is -0.739. The number of carbonyl (C=O) groups excluding carboxylic acids is 2. The third-order valence-corrected chi connectivity index (χ3v) is 4.20. The molecule has 116 valence electrons. The Balaban J connectivity index is 2.02. The maximum atomic E-state index is 12.1. The van der Waals surface area contributed by atoms with Gasteiger partial charge in [-0.3, -0.25) is 9.48 Å². The summed E-state index contributed by atoms with van der Waals surface area (Å²) in [5, 5.41) is 4.16. The van der Waals surface area contributed by atoms with Crippen LogP contribution in [0.1, 0.15) is 32.1 Å². The van der Waals surface area contributed by atoms with Crippen molar-refractivity contribution in [2.45, 2.75) is 18.7 Å².